The Labute approximate surface area is 261 Å². The van der Waals surface area contributed by atoms with E-state index in [1.807, 2.05) is 0 Å². The third-order valence-corrected chi connectivity index (χ3v) is 10.3. The van der Waals surface area contributed by atoms with Crippen molar-refractivity contribution < 1.29 is 0 Å². The average Bonchev–Trinajstić information content (AvgIpc) is 3.69. The molecule has 7 aromatic carbocycles. The quantitative estimate of drug-likeness (QED) is 0.194. The van der Waals surface area contributed by atoms with Gasteiger partial charge in [0.25, 0.3) is 0 Å². The number of para-hydroxylation sites is 3. The highest BCUT2D eigenvalue weighted by Gasteiger charge is 2.35. The van der Waals surface area contributed by atoms with Crippen molar-refractivity contribution in [2.45, 2.75) is 19.3 Å². The van der Waals surface area contributed by atoms with Crippen molar-refractivity contribution in [3.8, 4) is 22.5 Å². The number of rotatable bonds is 2. The van der Waals surface area contributed by atoms with Gasteiger partial charge >= 0.3 is 0 Å². The highest BCUT2D eigenvalue weighted by molar-refractivity contribution is 6.30. The molecule has 2 nitrogen and oxygen atoms in total. The molecule has 9 aromatic rings. The average molecular weight is 575 g/mol. The summed E-state index contributed by atoms with van der Waals surface area (Å²) in [6.07, 6.45) is 0. The fraction of sp³-hybridized carbons (Fsp3) is 0.0698. The standard InChI is InChI=1S/C43H30N2/c1-43(2)35-17-9-6-14-30(35)31-24-22-29(26-36(31)43)45-37-18-10-7-15-32(37)33-23-20-27-21-25-39-41(40(27)42(33)45)34-16-8-11-19-38(34)44(39)28-12-4-3-5-13-28/h3-26H,1-2H3. The summed E-state index contributed by atoms with van der Waals surface area (Å²) in [5, 5.41) is 7.69. The molecule has 2 heterocycles. The molecule has 0 atom stereocenters. The molecule has 0 amide bonds. The van der Waals surface area contributed by atoms with Crippen molar-refractivity contribution in [2.75, 3.05) is 0 Å². The van der Waals surface area contributed by atoms with E-state index < -0.39 is 0 Å². The lowest BCUT2D eigenvalue weighted by Gasteiger charge is -2.22. The van der Waals surface area contributed by atoms with Gasteiger partial charge in [-0.15, -0.1) is 0 Å². The van der Waals surface area contributed by atoms with Crippen molar-refractivity contribution in [1.29, 1.82) is 0 Å². The van der Waals surface area contributed by atoms with Crippen LogP contribution in [0.1, 0.15) is 25.0 Å². The van der Waals surface area contributed by atoms with Crippen molar-refractivity contribution >= 4 is 54.4 Å². The van der Waals surface area contributed by atoms with Crippen LogP contribution in [-0.4, -0.2) is 9.13 Å². The Balaban J connectivity index is 1.38. The van der Waals surface area contributed by atoms with Gasteiger partial charge in [-0.3, -0.25) is 0 Å². The molecular weight excluding hydrogens is 544 g/mol. The van der Waals surface area contributed by atoms with Gasteiger partial charge < -0.3 is 9.13 Å². The summed E-state index contributed by atoms with van der Waals surface area (Å²) in [6.45, 7) is 4.73. The van der Waals surface area contributed by atoms with Crippen molar-refractivity contribution in [2.24, 2.45) is 0 Å². The van der Waals surface area contributed by atoms with E-state index in [1.54, 1.807) is 0 Å². The molecule has 0 bridgehead atoms. The number of aromatic nitrogens is 2. The van der Waals surface area contributed by atoms with Crippen LogP contribution >= 0.6 is 0 Å². The third-order valence-electron chi connectivity index (χ3n) is 10.3. The Morgan fingerprint density at radius 1 is 0.422 bits per heavy atom. The van der Waals surface area contributed by atoms with Crippen LogP contribution in [0.25, 0.3) is 76.9 Å². The van der Waals surface area contributed by atoms with Gasteiger partial charge in [0.1, 0.15) is 0 Å². The summed E-state index contributed by atoms with van der Waals surface area (Å²) >= 11 is 0. The lowest BCUT2D eigenvalue weighted by Crippen LogP contribution is -2.15. The van der Waals surface area contributed by atoms with Gasteiger partial charge in [-0.25, -0.2) is 0 Å². The van der Waals surface area contributed by atoms with Gasteiger partial charge in [0.15, 0.2) is 0 Å². The minimum Gasteiger partial charge on any atom is -0.309 e. The zero-order valence-electron chi connectivity index (χ0n) is 25.3. The maximum atomic E-state index is 2.53. The predicted molar refractivity (Wildman–Crippen MR) is 190 cm³/mol. The molecule has 45 heavy (non-hydrogen) atoms. The van der Waals surface area contributed by atoms with Gasteiger partial charge in [0, 0.05) is 43.7 Å². The van der Waals surface area contributed by atoms with E-state index in [4.69, 9.17) is 0 Å². The van der Waals surface area contributed by atoms with E-state index in [1.165, 1.54) is 88.0 Å². The van der Waals surface area contributed by atoms with E-state index in [0.29, 0.717) is 0 Å². The molecule has 0 spiro atoms. The van der Waals surface area contributed by atoms with Gasteiger partial charge in [-0.05, 0) is 70.1 Å². The number of benzene rings is 7. The minimum atomic E-state index is -0.0703. The monoisotopic (exact) mass is 574 g/mol. The molecular formula is C43H30N2. The zero-order chi connectivity index (χ0) is 29.9. The molecule has 2 aromatic heterocycles. The Morgan fingerprint density at radius 2 is 1.09 bits per heavy atom. The van der Waals surface area contributed by atoms with Crippen LogP contribution in [0.5, 0.6) is 0 Å². The highest BCUT2D eigenvalue weighted by atomic mass is 15.0. The van der Waals surface area contributed by atoms with Crippen LogP contribution in [0.3, 0.4) is 0 Å². The van der Waals surface area contributed by atoms with E-state index in [0.717, 1.165) is 0 Å². The molecule has 1 aliphatic carbocycles. The van der Waals surface area contributed by atoms with Crippen LogP contribution in [0.2, 0.25) is 0 Å². The molecule has 0 saturated heterocycles. The normalized spacial score (nSPS) is 13.7. The number of hydrogen-bond donors (Lipinski definition) is 0. The van der Waals surface area contributed by atoms with Gasteiger partial charge in [-0.2, -0.15) is 0 Å². The van der Waals surface area contributed by atoms with E-state index >= 15 is 0 Å². The first-order valence-corrected chi connectivity index (χ1v) is 15.8. The summed E-state index contributed by atoms with van der Waals surface area (Å²) in [6, 6.07) is 53.8. The summed E-state index contributed by atoms with van der Waals surface area (Å²) in [5.74, 6) is 0. The fourth-order valence-corrected chi connectivity index (χ4v) is 8.28. The molecule has 0 unspecified atom stereocenters. The minimum absolute atomic E-state index is 0.0703. The van der Waals surface area contributed by atoms with Crippen LogP contribution in [-0.2, 0) is 5.41 Å². The predicted octanol–water partition coefficient (Wildman–Crippen LogP) is 11.3. The lowest BCUT2D eigenvalue weighted by molar-refractivity contribution is 0.660. The van der Waals surface area contributed by atoms with Crippen LogP contribution in [0, 0.1) is 0 Å². The summed E-state index contributed by atoms with van der Waals surface area (Å²) in [4.78, 5) is 0. The zero-order valence-corrected chi connectivity index (χ0v) is 25.3. The Hall–Kier alpha value is -5.60. The maximum Gasteiger partial charge on any atom is 0.0626 e. The molecule has 0 fully saturated rings. The molecule has 0 radical (unpaired) electrons. The van der Waals surface area contributed by atoms with Crippen LogP contribution in [0.4, 0.5) is 0 Å². The number of fused-ring (bicyclic) bond motifs is 12. The second kappa shape index (κ2) is 8.74. The van der Waals surface area contributed by atoms with E-state index in [2.05, 4.69) is 169 Å². The first kappa shape index (κ1) is 24.8. The Morgan fingerprint density at radius 3 is 1.93 bits per heavy atom. The second-order valence-electron chi connectivity index (χ2n) is 13.0. The third kappa shape index (κ3) is 3.18. The maximum absolute atomic E-state index is 2.53. The number of hydrogen-bond acceptors (Lipinski definition) is 0. The summed E-state index contributed by atoms with van der Waals surface area (Å²) < 4.78 is 4.95. The van der Waals surface area contributed by atoms with E-state index in [-0.39, 0.29) is 5.41 Å². The van der Waals surface area contributed by atoms with Crippen LogP contribution < -0.4 is 0 Å². The largest absolute Gasteiger partial charge is 0.309 e. The van der Waals surface area contributed by atoms with Gasteiger partial charge in [0.05, 0.1) is 22.1 Å². The van der Waals surface area contributed by atoms with Gasteiger partial charge in [-0.1, -0.05) is 117 Å². The first-order chi connectivity index (χ1) is 22.1. The Kier molecular flexibility index (Phi) is 4.82. The van der Waals surface area contributed by atoms with Crippen LogP contribution in [0.15, 0.2) is 146 Å². The highest BCUT2D eigenvalue weighted by Crippen LogP contribution is 2.50. The van der Waals surface area contributed by atoms with Crippen molar-refractivity contribution in [1.82, 2.24) is 9.13 Å². The summed E-state index contributed by atoms with van der Waals surface area (Å²) in [7, 11) is 0. The lowest BCUT2D eigenvalue weighted by atomic mass is 9.82. The molecule has 0 saturated carbocycles. The first-order valence-electron chi connectivity index (χ1n) is 15.8. The number of nitrogens with zero attached hydrogens (tertiary/aromatic N) is 2. The molecule has 1 aliphatic rings. The molecule has 0 aliphatic heterocycles. The van der Waals surface area contributed by atoms with Gasteiger partial charge in [0.2, 0.25) is 0 Å². The summed E-state index contributed by atoms with van der Waals surface area (Å²) in [5.41, 5.74) is 12.8. The molecule has 10 rings (SSSR count). The SMILES string of the molecule is CC1(C)c2ccccc2-c2ccc(-n3c4ccccc4c4ccc5ccc6c(c7ccccc7n6-c6ccccc6)c5c43)cc21. The van der Waals surface area contributed by atoms with Crippen molar-refractivity contribution in [3.63, 3.8) is 0 Å². The van der Waals surface area contributed by atoms with E-state index in [9.17, 15) is 0 Å². The molecule has 2 heteroatoms. The smallest absolute Gasteiger partial charge is 0.0626 e. The topological polar surface area (TPSA) is 9.86 Å². The Bertz CT molecular complexity index is 2670. The molecule has 212 valence electrons. The molecule has 0 N–H and O–H groups in total. The second-order valence-corrected chi connectivity index (χ2v) is 13.0. The van der Waals surface area contributed by atoms with Crippen molar-refractivity contribution in [3.05, 3.63) is 157 Å². The fourth-order valence-electron chi connectivity index (χ4n) is 8.28.